The molecule has 26 heavy (non-hydrogen) atoms. The van der Waals surface area contributed by atoms with Crippen molar-refractivity contribution in [1.82, 2.24) is 10.2 Å². The molecule has 3 rings (SSSR count). The molecule has 1 aliphatic rings. The lowest BCUT2D eigenvalue weighted by Crippen LogP contribution is -2.41. The van der Waals surface area contributed by atoms with Gasteiger partial charge in [-0.05, 0) is 30.3 Å². The first-order valence-electron chi connectivity index (χ1n) is 8.24. The topological polar surface area (TPSA) is 45.5 Å². The van der Waals surface area contributed by atoms with E-state index in [2.05, 4.69) is 10.2 Å². The molecule has 0 saturated carbocycles. The summed E-state index contributed by atoms with van der Waals surface area (Å²) in [6.07, 6.45) is -1.15. The first-order chi connectivity index (χ1) is 12.4. The highest BCUT2D eigenvalue weighted by atomic mass is 32.2. The van der Waals surface area contributed by atoms with Crippen molar-refractivity contribution in [2.45, 2.75) is 12.2 Å². The zero-order valence-corrected chi connectivity index (χ0v) is 14.8. The quantitative estimate of drug-likeness (QED) is 0.851. The summed E-state index contributed by atoms with van der Waals surface area (Å²) in [5, 5.41) is 2.83. The molecule has 0 radical (unpaired) electrons. The smallest absolute Gasteiger partial charge is 0.416 e. The third-order valence-corrected chi connectivity index (χ3v) is 5.29. The van der Waals surface area contributed by atoms with E-state index in [4.69, 9.17) is 4.42 Å². The fourth-order valence-corrected chi connectivity index (χ4v) is 3.84. The molecule has 1 atom stereocenters. The monoisotopic (exact) mass is 384 g/mol. The maximum absolute atomic E-state index is 12.6. The van der Waals surface area contributed by atoms with Crippen LogP contribution in [0.3, 0.4) is 0 Å². The van der Waals surface area contributed by atoms with Crippen molar-refractivity contribution in [2.24, 2.45) is 0 Å². The normalized spacial score (nSPS) is 17.0. The number of carbonyl (C=O) groups is 1. The number of halogens is 3. The summed E-state index contributed by atoms with van der Waals surface area (Å²) in [7, 11) is 0. The minimum Gasteiger partial charge on any atom is -0.472 e. The van der Waals surface area contributed by atoms with Crippen LogP contribution < -0.4 is 5.32 Å². The number of nitrogens with zero attached hydrogens (tertiary/aromatic N) is 1. The zero-order valence-electron chi connectivity index (χ0n) is 14.0. The molecule has 4 nitrogen and oxygen atoms in total. The summed E-state index contributed by atoms with van der Waals surface area (Å²) in [5.41, 5.74) is 0.416. The molecular weight excluding hydrogens is 365 g/mol. The third kappa shape index (κ3) is 4.62. The Bertz CT molecular complexity index is 711. The summed E-state index contributed by atoms with van der Waals surface area (Å²) >= 11 is 1.89. The molecule has 1 aliphatic heterocycles. The molecule has 1 N–H and O–H groups in total. The van der Waals surface area contributed by atoms with Gasteiger partial charge in [0.1, 0.15) is 0 Å². The Labute approximate surface area is 153 Å². The van der Waals surface area contributed by atoms with Crippen LogP contribution in [0.4, 0.5) is 13.2 Å². The van der Waals surface area contributed by atoms with Gasteiger partial charge in [-0.1, -0.05) is 0 Å². The maximum atomic E-state index is 12.6. The van der Waals surface area contributed by atoms with E-state index >= 15 is 0 Å². The number of benzene rings is 1. The van der Waals surface area contributed by atoms with Crippen LogP contribution in [0.1, 0.15) is 27.5 Å². The second-order valence-electron chi connectivity index (χ2n) is 6.01. The molecule has 1 aromatic heterocycles. The van der Waals surface area contributed by atoms with Crippen LogP contribution in [-0.2, 0) is 6.18 Å². The number of hydrogen-bond acceptors (Lipinski definition) is 4. The number of hydrogen-bond donors (Lipinski definition) is 1. The Morgan fingerprint density at radius 1 is 1.19 bits per heavy atom. The summed E-state index contributed by atoms with van der Waals surface area (Å²) in [4.78, 5) is 14.6. The van der Waals surface area contributed by atoms with E-state index in [1.54, 1.807) is 12.5 Å². The molecule has 0 spiro atoms. The van der Waals surface area contributed by atoms with Gasteiger partial charge in [-0.2, -0.15) is 24.9 Å². The molecular formula is C18H19F3N2O2S. The van der Waals surface area contributed by atoms with Crippen molar-refractivity contribution in [3.8, 4) is 0 Å². The SMILES string of the molecule is O=C(NC[C@@H](c1ccoc1)N1CCSCC1)c1ccc(C(F)(F)F)cc1. The Hall–Kier alpha value is -1.93. The Morgan fingerprint density at radius 2 is 1.88 bits per heavy atom. The van der Waals surface area contributed by atoms with Crippen LogP contribution >= 0.6 is 11.8 Å². The largest absolute Gasteiger partial charge is 0.472 e. The summed E-state index contributed by atoms with van der Waals surface area (Å²) in [6, 6.07) is 6.09. The number of carbonyl (C=O) groups excluding carboxylic acids is 1. The zero-order chi connectivity index (χ0) is 18.6. The van der Waals surface area contributed by atoms with Crippen molar-refractivity contribution >= 4 is 17.7 Å². The number of furan rings is 1. The van der Waals surface area contributed by atoms with Gasteiger partial charge in [0, 0.05) is 42.3 Å². The van der Waals surface area contributed by atoms with E-state index in [0.717, 1.165) is 42.3 Å². The van der Waals surface area contributed by atoms with Crippen LogP contribution in [0, 0.1) is 0 Å². The van der Waals surface area contributed by atoms with Crippen molar-refractivity contribution in [3.63, 3.8) is 0 Å². The van der Waals surface area contributed by atoms with Gasteiger partial charge in [-0.25, -0.2) is 0 Å². The number of nitrogens with one attached hydrogen (secondary N) is 1. The Morgan fingerprint density at radius 3 is 2.46 bits per heavy atom. The molecule has 0 bridgehead atoms. The third-order valence-electron chi connectivity index (χ3n) is 4.34. The second-order valence-corrected chi connectivity index (χ2v) is 7.23. The number of rotatable bonds is 5. The van der Waals surface area contributed by atoms with Gasteiger partial charge in [0.25, 0.3) is 5.91 Å². The van der Waals surface area contributed by atoms with Gasteiger partial charge >= 0.3 is 6.18 Å². The fourth-order valence-electron chi connectivity index (χ4n) is 2.91. The molecule has 8 heteroatoms. The van der Waals surface area contributed by atoms with Crippen LogP contribution in [-0.4, -0.2) is 41.9 Å². The lowest BCUT2D eigenvalue weighted by Gasteiger charge is -2.34. The van der Waals surface area contributed by atoms with Crippen molar-refractivity contribution in [3.05, 3.63) is 59.5 Å². The van der Waals surface area contributed by atoms with E-state index in [-0.39, 0.29) is 11.6 Å². The van der Waals surface area contributed by atoms with E-state index in [1.165, 1.54) is 12.1 Å². The summed E-state index contributed by atoms with van der Waals surface area (Å²) in [6.45, 7) is 2.19. The van der Waals surface area contributed by atoms with Crippen molar-refractivity contribution in [2.75, 3.05) is 31.1 Å². The van der Waals surface area contributed by atoms with Gasteiger partial charge in [0.05, 0.1) is 24.1 Å². The average Bonchev–Trinajstić information content (AvgIpc) is 3.16. The van der Waals surface area contributed by atoms with Gasteiger partial charge in [-0.3, -0.25) is 9.69 Å². The molecule has 0 unspecified atom stereocenters. The standard InChI is InChI=1S/C18H19F3N2O2S/c19-18(20,21)15-3-1-13(2-4-15)17(24)22-11-16(14-5-8-25-12-14)23-6-9-26-10-7-23/h1-5,8,12,16H,6-7,9-11H2,(H,22,24)/t16-/m0/s1. The molecule has 0 aliphatic carbocycles. The summed E-state index contributed by atoms with van der Waals surface area (Å²) < 4.78 is 43.0. The van der Waals surface area contributed by atoms with E-state index in [1.807, 2.05) is 17.8 Å². The molecule has 1 saturated heterocycles. The number of thioether (sulfide) groups is 1. The average molecular weight is 384 g/mol. The van der Waals surface area contributed by atoms with Crippen molar-refractivity contribution in [1.29, 1.82) is 0 Å². The number of alkyl halides is 3. The lowest BCUT2D eigenvalue weighted by atomic mass is 10.1. The fraction of sp³-hybridized carbons (Fsp3) is 0.389. The first-order valence-corrected chi connectivity index (χ1v) is 9.40. The highest BCUT2D eigenvalue weighted by molar-refractivity contribution is 7.99. The number of amides is 1. The predicted octanol–water partition coefficient (Wildman–Crippen LogP) is 3.82. The summed E-state index contributed by atoms with van der Waals surface area (Å²) in [5.74, 6) is 1.67. The Kier molecular flexibility index (Phi) is 5.93. The minimum atomic E-state index is -4.41. The van der Waals surface area contributed by atoms with Crippen LogP contribution in [0.5, 0.6) is 0 Å². The molecule has 1 fully saturated rings. The molecule has 140 valence electrons. The van der Waals surface area contributed by atoms with E-state index < -0.39 is 17.6 Å². The van der Waals surface area contributed by atoms with Gasteiger partial charge in [0.2, 0.25) is 0 Å². The van der Waals surface area contributed by atoms with Gasteiger partial charge < -0.3 is 9.73 Å². The molecule has 2 aromatic rings. The van der Waals surface area contributed by atoms with Crippen molar-refractivity contribution < 1.29 is 22.4 Å². The van der Waals surface area contributed by atoms with Crippen LogP contribution in [0.2, 0.25) is 0 Å². The molecule has 2 heterocycles. The minimum absolute atomic E-state index is 0.0203. The van der Waals surface area contributed by atoms with Crippen LogP contribution in [0.25, 0.3) is 0 Å². The van der Waals surface area contributed by atoms with E-state index in [9.17, 15) is 18.0 Å². The highest BCUT2D eigenvalue weighted by Gasteiger charge is 2.30. The highest BCUT2D eigenvalue weighted by Crippen LogP contribution is 2.29. The van der Waals surface area contributed by atoms with Gasteiger partial charge in [0.15, 0.2) is 0 Å². The lowest BCUT2D eigenvalue weighted by molar-refractivity contribution is -0.137. The van der Waals surface area contributed by atoms with E-state index in [0.29, 0.717) is 6.54 Å². The first kappa shape index (κ1) is 18.8. The van der Waals surface area contributed by atoms with Crippen LogP contribution in [0.15, 0.2) is 47.3 Å². The molecule has 1 aromatic carbocycles. The predicted molar refractivity (Wildman–Crippen MR) is 94.1 cm³/mol. The van der Waals surface area contributed by atoms with Gasteiger partial charge in [-0.15, -0.1) is 0 Å². The molecule has 1 amide bonds. The Balaban J connectivity index is 1.65. The maximum Gasteiger partial charge on any atom is 0.416 e. The second kappa shape index (κ2) is 8.18.